The van der Waals surface area contributed by atoms with Crippen LogP contribution in [-0.2, 0) is 23.0 Å². The molecule has 0 fully saturated rings. The topological polar surface area (TPSA) is 84.3 Å². The second kappa shape index (κ2) is 8.55. The number of anilines is 2. The van der Waals surface area contributed by atoms with Gasteiger partial charge in [0.05, 0.1) is 17.1 Å². The molecule has 0 bridgehead atoms. The molecule has 0 saturated heterocycles. The van der Waals surface area contributed by atoms with Crippen molar-refractivity contribution in [2.24, 2.45) is 0 Å². The van der Waals surface area contributed by atoms with Crippen molar-refractivity contribution in [1.82, 2.24) is 9.78 Å². The van der Waals surface area contributed by atoms with Crippen LogP contribution in [0.5, 0.6) is 0 Å². The molecule has 0 aliphatic carbocycles. The standard InChI is InChI=1S/C25H22N4O3S/c30-25(27-23-11-3-1-8-21(23)18-28-15-6-14-26-28)20-9-5-10-22(17-20)33(31,32)29-16-13-19-7-2-4-12-24(19)29/h1-12,14-15,17H,13,16,18H2,(H,27,30). The van der Waals surface area contributed by atoms with Crippen molar-refractivity contribution in [3.05, 3.63) is 108 Å². The summed E-state index contributed by atoms with van der Waals surface area (Å²) in [4.78, 5) is 13.1. The van der Waals surface area contributed by atoms with Crippen LogP contribution < -0.4 is 9.62 Å². The van der Waals surface area contributed by atoms with Crippen molar-refractivity contribution in [2.75, 3.05) is 16.2 Å². The summed E-state index contributed by atoms with van der Waals surface area (Å²) in [6, 6.07) is 23.0. The van der Waals surface area contributed by atoms with Crippen LogP contribution in [0.25, 0.3) is 0 Å². The largest absolute Gasteiger partial charge is 0.322 e. The van der Waals surface area contributed by atoms with Gasteiger partial charge in [0.2, 0.25) is 0 Å². The summed E-state index contributed by atoms with van der Waals surface area (Å²) >= 11 is 0. The van der Waals surface area contributed by atoms with Gasteiger partial charge in [0.15, 0.2) is 0 Å². The van der Waals surface area contributed by atoms with Gasteiger partial charge in [0.1, 0.15) is 0 Å². The number of amides is 1. The lowest BCUT2D eigenvalue weighted by Gasteiger charge is -2.20. The van der Waals surface area contributed by atoms with Gasteiger partial charge in [-0.25, -0.2) is 8.42 Å². The molecular formula is C25H22N4O3S. The molecule has 166 valence electrons. The van der Waals surface area contributed by atoms with E-state index in [9.17, 15) is 13.2 Å². The van der Waals surface area contributed by atoms with Crippen LogP contribution in [0.4, 0.5) is 11.4 Å². The lowest BCUT2D eigenvalue weighted by Crippen LogP contribution is -2.29. The Hall–Kier alpha value is -3.91. The maximum Gasteiger partial charge on any atom is 0.264 e. The van der Waals surface area contributed by atoms with Crippen LogP contribution in [0.15, 0.2) is 96.2 Å². The molecule has 3 aromatic carbocycles. The van der Waals surface area contributed by atoms with E-state index in [1.54, 1.807) is 23.0 Å². The second-order valence-electron chi connectivity index (χ2n) is 7.80. The van der Waals surface area contributed by atoms with Crippen LogP contribution in [0, 0.1) is 0 Å². The number of nitrogens with one attached hydrogen (secondary N) is 1. The minimum Gasteiger partial charge on any atom is -0.322 e. The van der Waals surface area contributed by atoms with Crippen molar-refractivity contribution in [2.45, 2.75) is 17.9 Å². The average molecular weight is 459 g/mol. The van der Waals surface area contributed by atoms with E-state index in [1.807, 2.05) is 60.8 Å². The number of rotatable bonds is 6. The third-order valence-corrected chi connectivity index (χ3v) is 7.50. The first-order chi connectivity index (χ1) is 16.0. The molecule has 4 aromatic rings. The van der Waals surface area contributed by atoms with Crippen molar-refractivity contribution in [1.29, 1.82) is 0 Å². The molecule has 0 spiro atoms. The molecule has 1 aliphatic rings. The summed E-state index contributed by atoms with van der Waals surface area (Å²) in [6.45, 7) is 0.894. The highest BCUT2D eigenvalue weighted by Crippen LogP contribution is 2.32. The molecule has 1 N–H and O–H groups in total. The Morgan fingerprint density at radius 2 is 1.79 bits per heavy atom. The Balaban J connectivity index is 1.40. The molecule has 0 saturated carbocycles. The second-order valence-corrected chi connectivity index (χ2v) is 9.66. The minimum atomic E-state index is -3.78. The molecule has 33 heavy (non-hydrogen) atoms. The van der Waals surface area contributed by atoms with Crippen molar-refractivity contribution in [3.63, 3.8) is 0 Å². The molecule has 2 heterocycles. The number of carbonyl (C=O) groups is 1. The molecule has 0 unspecified atom stereocenters. The molecule has 1 aromatic heterocycles. The molecular weight excluding hydrogens is 436 g/mol. The zero-order valence-corrected chi connectivity index (χ0v) is 18.6. The number of fused-ring (bicyclic) bond motifs is 1. The maximum atomic E-state index is 13.3. The summed E-state index contributed by atoms with van der Waals surface area (Å²) in [7, 11) is -3.78. The normalized spacial score (nSPS) is 13.0. The van der Waals surface area contributed by atoms with E-state index in [2.05, 4.69) is 10.4 Å². The number of benzene rings is 3. The lowest BCUT2D eigenvalue weighted by molar-refractivity contribution is 0.102. The van der Waals surface area contributed by atoms with Crippen molar-refractivity contribution in [3.8, 4) is 0 Å². The van der Waals surface area contributed by atoms with Crippen LogP contribution in [0.3, 0.4) is 0 Å². The number of hydrogen-bond donors (Lipinski definition) is 1. The van der Waals surface area contributed by atoms with Gasteiger partial charge in [-0.2, -0.15) is 5.10 Å². The molecule has 5 rings (SSSR count). The average Bonchev–Trinajstić information content (AvgIpc) is 3.50. The van der Waals surface area contributed by atoms with E-state index in [-0.39, 0.29) is 16.4 Å². The van der Waals surface area contributed by atoms with E-state index in [0.29, 0.717) is 30.9 Å². The predicted octanol–water partition coefficient (Wildman–Crippen LogP) is 3.94. The number of aromatic nitrogens is 2. The SMILES string of the molecule is O=C(Nc1ccccc1Cn1cccn1)c1cccc(S(=O)(=O)N2CCc3ccccc32)c1. The molecule has 0 atom stereocenters. The number of nitrogens with zero attached hydrogens (tertiary/aromatic N) is 3. The van der Waals surface area contributed by atoms with E-state index >= 15 is 0 Å². The fraction of sp³-hybridized carbons (Fsp3) is 0.120. The Bertz CT molecular complexity index is 1420. The van der Waals surface area contributed by atoms with Crippen LogP contribution in [0.2, 0.25) is 0 Å². The quantitative estimate of drug-likeness (QED) is 0.474. The maximum absolute atomic E-state index is 13.3. The Kier molecular flexibility index (Phi) is 5.43. The van der Waals surface area contributed by atoms with Crippen LogP contribution >= 0.6 is 0 Å². The zero-order chi connectivity index (χ0) is 22.8. The van der Waals surface area contributed by atoms with Gasteiger partial charge in [0.25, 0.3) is 15.9 Å². The molecule has 8 heteroatoms. The highest BCUT2D eigenvalue weighted by atomic mass is 32.2. The van der Waals surface area contributed by atoms with Crippen molar-refractivity contribution >= 4 is 27.3 Å². The first-order valence-electron chi connectivity index (χ1n) is 10.6. The van der Waals surface area contributed by atoms with Gasteiger partial charge < -0.3 is 5.32 Å². The van der Waals surface area contributed by atoms with E-state index in [1.165, 1.54) is 16.4 Å². The third kappa shape index (κ3) is 4.12. The zero-order valence-electron chi connectivity index (χ0n) is 17.8. The van der Waals surface area contributed by atoms with E-state index < -0.39 is 10.0 Å². The first-order valence-corrected chi connectivity index (χ1v) is 12.0. The summed E-state index contributed by atoms with van der Waals surface area (Å²) in [5, 5.41) is 7.13. The Morgan fingerprint density at radius 1 is 0.970 bits per heavy atom. The smallest absolute Gasteiger partial charge is 0.264 e. The van der Waals surface area contributed by atoms with Gasteiger partial charge in [0, 0.05) is 30.2 Å². The van der Waals surface area contributed by atoms with Gasteiger partial charge in [-0.1, -0.05) is 42.5 Å². The minimum absolute atomic E-state index is 0.0941. The predicted molar refractivity (Wildman–Crippen MR) is 127 cm³/mol. The highest BCUT2D eigenvalue weighted by Gasteiger charge is 2.31. The first kappa shape index (κ1) is 21.0. The number of carbonyl (C=O) groups excluding carboxylic acids is 1. The van der Waals surface area contributed by atoms with Crippen LogP contribution in [-0.4, -0.2) is 30.7 Å². The molecule has 0 radical (unpaired) electrons. The number of para-hydroxylation sites is 2. The van der Waals surface area contributed by atoms with E-state index in [0.717, 1.165) is 11.1 Å². The Morgan fingerprint density at radius 3 is 2.64 bits per heavy atom. The lowest BCUT2D eigenvalue weighted by atomic mass is 10.1. The number of hydrogen-bond acceptors (Lipinski definition) is 4. The monoisotopic (exact) mass is 458 g/mol. The Labute approximate surface area is 192 Å². The molecule has 1 aliphatic heterocycles. The molecule has 1 amide bonds. The van der Waals surface area contributed by atoms with E-state index in [4.69, 9.17) is 0 Å². The molecule has 7 nitrogen and oxygen atoms in total. The van der Waals surface area contributed by atoms with Crippen molar-refractivity contribution < 1.29 is 13.2 Å². The summed E-state index contributed by atoms with van der Waals surface area (Å²) < 4.78 is 29.9. The summed E-state index contributed by atoms with van der Waals surface area (Å²) in [6.07, 6.45) is 4.22. The van der Waals surface area contributed by atoms with Gasteiger partial charge >= 0.3 is 0 Å². The summed E-state index contributed by atoms with van der Waals surface area (Å²) in [5.41, 5.74) is 3.52. The number of sulfonamides is 1. The van der Waals surface area contributed by atoms with Gasteiger partial charge in [-0.05, 0) is 53.9 Å². The van der Waals surface area contributed by atoms with Gasteiger partial charge in [-0.3, -0.25) is 13.8 Å². The third-order valence-electron chi connectivity index (χ3n) is 5.69. The van der Waals surface area contributed by atoms with Crippen LogP contribution in [0.1, 0.15) is 21.5 Å². The fourth-order valence-corrected chi connectivity index (χ4v) is 5.58. The highest BCUT2D eigenvalue weighted by molar-refractivity contribution is 7.92. The fourth-order valence-electron chi connectivity index (χ4n) is 4.03. The van der Waals surface area contributed by atoms with Gasteiger partial charge in [-0.15, -0.1) is 0 Å². The summed E-state index contributed by atoms with van der Waals surface area (Å²) in [5.74, 6) is -0.373.